The van der Waals surface area contributed by atoms with Crippen LogP contribution in [0.5, 0.6) is 0 Å². The topological polar surface area (TPSA) is 52.0 Å². The molecule has 0 amide bonds. The Labute approximate surface area is 128 Å². The van der Waals surface area contributed by atoms with Crippen LogP contribution in [-0.2, 0) is 11.8 Å². The molecule has 1 heterocycles. The molecule has 1 aromatic heterocycles. The van der Waals surface area contributed by atoms with Gasteiger partial charge in [-0.25, -0.2) is 0 Å². The molecular weight excluding hydrogens is 264 g/mol. The van der Waals surface area contributed by atoms with Gasteiger partial charge in [-0.2, -0.15) is 0 Å². The van der Waals surface area contributed by atoms with Gasteiger partial charge in [-0.1, -0.05) is 31.9 Å². The van der Waals surface area contributed by atoms with Crippen LogP contribution in [0, 0.1) is 5.92 Å². The molecule has 21 heavy (non-hydrogen) atoms. The highest BCUT2D eigenvalue weighted by Crippen LogP contribution is 2.43. The lowest BCUT2D eigenvalue weighted by Gasteiger charge is -2.45. The van der Waals surface area contributed by atoms with Crippen molar-refractivity contribution in [3.63, 3.8) is 0 Å². The molecule has 0 aliphatic heterocycles. The van der Waals surface area contributed by atoms with E-state index in [0.29, 0.717) is 5.92 Å². The van der Waals surface area contributed by atoms with Gasteiger partial charge in [0, 0.05) is 13.7 Å². The molecule has 1 aliphatic rings. The third kappa shape index (κ3) is 3.64. The van der Waals surface area contributed by atoms with Crippen LogP contribution in [0.1, 0.15) is 64.6 Å². The first-order chi connectivity index (χ1) is 10.1. The first kappa shape index (κ1) is 16.4. The number of rotatable bonds is 7. The van der Waals surface area contributed by atoms with Crippen LogP contribution < -0.4 is 5.32 Å². The van der Waals surface area contributed by atoms with Crippen LogP contribution in [0.2, 0.25) is 0 Å². The van der Waals surface area contributed by atoms with E-state index in [1.807, 2.05) is 17.9 Å². The first-order valence-electron chi connectivity index (χ1n) is 8.35. The third-order valence-corrected chi connectivity index (χ3v) is 4.59. The summed E-state index contributed by atoms with van der Waals surface area (Å²) in [7, 11) is 1.97. The number of aryl methyl sites for hydroxylation is 1. The molecule has 120 valence electrons. The Morgan fingerprint density at radius 1 is 1.52 bits per heavy atom. The average Bonchev–Trinajstić information content (AvgIpc) is 2.86. The molecule has 0 saturated heterocycles. The minimum atomic E-state index is -0.128. The van der Waals surface area contributed by atoms with Crippen molar-refractivity contribution in [2.24, 2.45) is 13.0 Å². The maximum atomic E-state index is 6.35. The van der Waals surface area contributed by atoms with E-state index in [-0.39, 0.29) is 11.6 Å². The summed E-state index contributed by atoms with van der Waals surface area (Å²) in [5.41, 5.74) is 1.00. The highest BCUT2D eigenvalue weighted by Gasteiger charge is 2.44. The molecule has 1 aliphatic carbocycles. The lowest BCUT2D eigenvalue weighted by molar-refractivity contribution is -0.103. The first-order valence-corrected chi connectivity index (χ1v) is 8.35. The van der Waals surface area contributed by atoms with Crippen LogP contribution in [0.4, 0.5) is 0 Å². The number of hydrogen-bond donors (Lipinski definition) is 1. The smallest absolute Gasteiger partial charge is 0.0894 e. The molecule has 1 saturated carbocycles. The minimum absolute atomic E-state index is 0.128. The molecule has 3 atom stereocenters. The van der Waals surface area contributed by atoms with Crippen LogP contribution in [0.25, 0.3) is 0 Å². The molecule has 5 heteroatoms. The number of nitrogens with one attached hydrogen (secondary N) is 1. The van der Waals surface area contributed by atoms with Gasteiger partial charge in [0.05, 0.1) is 23.5 Å². The fourth-order valence-electron chi connectivity index (χ4n) is 3.72. The standard InChI is InChI=1S/C16H30N4O/c1-5-10-17-15(14-12-18-19-20(14)4)16(21-6-2)9-7-8-13(3)11-16/h12-13,15,17H,5-11H2,1-4H3. The van der Waals surface area contributed by atoms with Gasteiger partial charge >= 0.3 is 0 Å². The molecule has 0 spiro atoms. The van der Waals surface area contributed by atoms with Crippen molar-refractivity contribution < 1.29 is 4.74 Å². The van der Waals surface area contributed by atoms with Crippen molar-refractivity contribution in [2.75, 3.05) is 13.2 Å². The molecular formula is C16H30N4O. The van der Waals surface area contributed by atoms with Crippen molar-refractivity contribution in [3.8, 4) is 0 Å². The average molecular weight is 294 g/mol. The van der Waals surface area contributed by atoms with Gasteiger partial charge in [0.2, 0.25) is 0 Å². The second-order valence-electron chi connectivity index (χ2n) is 6.37. The summed E-state index contributed by atoms with van der Waals surface area (Å²) >= 11 is 0. The van der Waals surface area contributed by atoms with E-state index in [2.05, 4.69) is 36.4 Å². The number of aromatic nitrogens is 3. The van der Waals surface area contributed by atoms with Gasteiger partial charge in [0.25, 0.3) is 0 Å². The van der Waals surface area contributed by atoms with E-state index in [0.717, 1.165) is 38.1 Å². The zero-order valence-corrected chi connectivity index (χ0v) is 13.9. The van der Waals surface area contributed by atoms with Crippen molar-refractivity contribution in [1.82, 2.24) is 20.3 Å². The zero-order chi connectivity index (χ0) is 15.3. The molecule has 0 aromatic carbocycles. The highest BCUT2D eigenvalue weighted by atomic mass is 16.5. The summed E-state index contributed by atoms with van der Waals surface area (Å²) in [6.07, 6.45) is 7.74. The second-order valence-corrected chi connectivity index (χ2v) is 6.37. The minimum Gasteiger partial charge on any atom is -0.373 e. The molecule has 0 bridgehead atoms. The van der Waals surface area contributed by atoms with E-state index < -0.39 is 0 Å². The summed E-state index contributed by atoms with van der Waals surface area (Å²) in [6, 6.07) is 0.167. The largest absolute Gasteiger partial charge is 0.373 e. The third-order valence-electron chi connectivity index (χ3n) is 4.59. The molecule has 2 rings (SSSR count). The highest BCUT2D eigenvalue weighted by molar-refractivity contribution is 5.12. The quantitative estimate of drug-likeness (QED) is 0.840. The van der Waals surface area contributed by atoms with E-state index in [4.69, 9.17) is 4.74 Å². The van der Waals surface area contributed by atoms with E-state index >= 15 is 0 Å². The van der Waals surface area contributed by atoms with Gasteiger partial charge in [-0.05, 0) is 38.6 Å². The van der Waals surface area contributed by atoms with Gasteiger partial charge in [0.1, 0.15) is 0 Å². The van der Waals surface area contributed by atoms with E-state index in [9.17, 15) is 0 Å². The maximum Gasteiger partial charge on any atom is 0.0894 e. The Morgan fingerprint density at radius 2 is 2.33 bits per heavy atom. The van der Waals surface area contributed by atoms with Crippen molar-refractivity contribution in [3.05, 3.63) is 11.9 Å². The van der Waals surface area contributed by atoms with Crippen molar-refractivity contribution in [2.45, 2.75) is 64.5 Å². The Morgan fingerprint density at radius 3 is 2.90 bits per heavy atom. The molecule has 1 aromatic rings. The molecule has 5 nitrogen and oxygen atoms in total. The van der Waals surface area contributed by atoms with Crippen molar-refractivity contribution >= 4 is 0 Å². The van der Waals surface area contributed by atoms with Gasteiger partial charge in [-0.3, -0.25) is 4.68 Å². The molecule has 0 radical (unpaired) electrons. The summed E-state index contributed by atoms with van der Waals surface area (Å²) in [5, 5.41) is 11.9. The molecule has 1 fully saturated rings. The normalized spacial score (nSPS) is 27.7. The van der Waals surface area contributed by atoms with E-state index in [1.165, 1.54) is 12.8 Å². The monoisotopic (exact) mass is 294 g/mol. The maximum absolute atomic E-state index is 6.35. The van der Waals surface area contributed by atoms with E-state index in [1.54, 1.807) is 0 Å². The van der Waals surface area contributed by atoms with Gasteiger partial charge < -0.3 is 10.1 Å². The molecule has 3 unspecified atom stereocenters. The lowest BCUT2D eigenvalue weighted by Crippen LogP contribution is -2.50. The van der Waals surface area contributed by atoms with Crippen LogP contribution in [0.15, 0.2) is 6.20 Å². The lowest BCUT2D eigenvalue weighted by atomic mass is 9.73. The molecule has 1 N–H and O–H groups in total. The van der Waals surface area contributed by atoms with Crippen LogP contribution in [0.3, 0.4) is 0 Å². The fourth-order valence-corrected chi connectivity index (χ4v) is 3.72. The summed E-state index contributed by atoms with van der Waals surface area (Å²) in [4.78, 5) is 0. The van der Waals surface area contributed by atoms with Gasteiger partial charge in [-0.15, -0.1) is 5.10 Å². The summed E-state index contributed by atoms with van der Waals surface area (Å²) < 4.78 is 8.23. The number of hydrogen-bond acceptors (Lipinski definition) is 4. The summed E-state index contributed by atoms with van der Waals surface area (Å²) in [6.45, 7) is 8.37. The van der Waals surface area contributed by atoms with Crippen molar-refractivity contribution in [1.29, 1.82) is 0 Å². The Balaban J connectivity index is 2.32. The second kappa shape index (κ2) is 7.36. The van der Waals surface area contributed by atoms with Crippen LogP contribution in [-0.4, -0.2) is 33.7 Å². The predicted octanol–water partition coefficient (Wildman–Crippen LogP) is 2.84. The van der Waals surface area contributed by atoms with Gasteiger partial charge in [0.15, 0.2) is 0 Å². The SMILES string of the molecule is CCCNC(c1cnnn1C)C1(OCC)CCCC(C)C1. The van der Waals surface area contributed by atoms with Crippen LogP contribution >= 0.6 is 0 Å². The summed E-state index contributed by atoms with van der Waals surface area (Å²) in [5.74, 6) is 0.706. The zero-order valence-electron chi connectivity index (χ0n) is 13.9. The Hall–Kier alpha value is -0.940. The fraction of sp³-hybridized carbons (Fsp3) is 0.875. The number of nitrogens with zero attached hydrogens (tertiary/aromatic N) is 3. The Bertz CT molecular complexity index is 430. The number of ether oxygens (including phenoxy) is 1. The predicted molar refractivity (Wildman–Crippen MR) is 84.0 cm³/mol. The Kier molecular flexibility index (Phi) is 5.76.